The fraction of sp³-hybridized carbons (Fsp3) is 0.125. The highest BCUT2D eigenvalue weighted by Gasteiger charge is 2.08. The van der Waals surface area contributed by atoms with Gasteiger partial charge in [0.1, 0.15) is 5.75 Å². The Morgan fingerprint density at radius 1 is 1.14 bits per heavy atom. The van der Waals surface area contributed by atoms with Gasteiger partial charge in [0.25, 0.3) is 5.56 Å². The van der Waals surface area contributed by atoms with Crippen LogP contribution in [0.4, 0.5) is 0 Å². The SMILES string of the molecule is COc1ccc(Cn2c(=O)[nH]c(=O)c3cc(Cl)ccc32)cc1. The van der Waals surface area contributed by atoms with Gasteiger partial charge >= 0.3 is 5.69 Å². The average molecular weight is 317 g/mol. The van der Waals surface area contributed by atoms with Gasteiger partial charge in [-0.25, -0.2) is 4.79 Å². The zero-order chi connectivity index (χ0) is 15.7. The number of ether oxygens (including phenoxy) is 1. The number of halogens is 1. The van der Waals surface area contributed by atoms with Gasteiger partial charge in [0.2, 0.25) is 0 Å². The van der Waals surface area contributed by atoms with Crippen LogP contribution in [-0.2, 0) is 6.54 Å². The molecule has 0 unspecified atom stereocenters. The summed E-state index contributed by atoms with van der Waals surface area (Å²) in [6.45, 7) is 0.345. The van der Waals surface area contributed by atoms with Crippen molar-refractivity contribution in [2.24, 2.45) is 0 Å². The summed E-state index contributed by atoms with van der Waals surface area (Å²) in [4.78, 5) is 26.3. The van der Waals surface area contributed by atoms with E-state index in [9.17, 15) is 9.59 Å². The fourth-order valence-corrected chi connectivity index (χ4v) is 2.51. The van der Waals surface area contributed by atoms with E-state index >= 15 is 0 Å². The van der Waals surface area contributed by atoms with Crippen molar-refractivity contribution in [1.82, 2.24) is 9.55 Å². The predicted octanol–water partition coefficient (Wildman–Crippen LogP) is 2.40. The first-order chi connectivity index (χ1) is 10.6. The van der Waals surface area contributed by atoms with Crippen LogP contribution in [0.15, 0.2) is 52.1 Å². The standard InChI is InChI=1S/C16H13ClN2O3/c1-22-12-5-2-10(3-6-12)9-19-14-7-4-11(17)8-13(14)15(20)18-16(19)21/h2-8H,9H2,1H3,(H,18,20,21). The van der Waals surface area contributed by atoms with Gasteiger partial charge in [-0.05, 0) is 35.9 Å². The highest BCUT2D eigenvalue weighted by atomic mass is 35.5. The summed E-state index contributed by atoms with van der Waals surface area (Å²) < 4.78 is 6.62. The Kier molecular flexibility index (Phi) is 3.73. The van der Waals surface area contributed by atoms with Crippen LogP contribution in [0.3, 0.4) is 0 Å². The molecule has 1 heterocycles. The molecule has 0 saturated carbocycles. The van der Waals surface area contributed by atoms with E-state index in [2.05, 4.69) is 4.98 Å². The van der Waals surface area contributed by atoms with Crippen LogP contribution in [0.1, 0.15) is 5.56 Å². The second-order valence-electron chi connectivity index (χ2n) is 4.85. The molecule has 0 atom stereocenters. The zero-order valence-electron chi connectivity index (χ0n) is 11.8. The molecule has 0 spiro atoms. The fourth-order valence-electron chi connectivity index (χ4n) is 2.34. The molecule has 0 radical (unpaired) electrons. The van der Waals surface area contributed by atoms with Crippen molar-refractivity contribution in [2.45, 2.75) is 6.54 Å². The molecule has 0 aliphatic carbocycles. The largest absolute Gasteiger partial charge is 0.497 e. The van der Waals surface area contributed by atoms with Crippen LogP contribution < -0.4 is 16.0 Å². The molecule has 3 rings (SSSR count). The van der Waals surface area contributed by atoms with E-state index < -0.39 is 11.2 Å². The summed E-state index contributed by atoms with van der Waals surface area (Å²) in [7, 11) is 1.60. The minimum Gasteiger partial charge on any atom is -0.497 e. The molecule has 2 aromatic carbocycles. The summed E-state index contributed by atoms with van der Waals surface area (Å²) in [6.07, 6.45) is 0. The Labute approximate surface area is 130 Å². The summed E-state index contributed by atoms with van der Waals surface area (Å²) in [6, 6.07) is 12.3. The predicted molar refractivity (Wildman–Crippen MR) is 85.9 cm³/mol. The summed E-state index contributed by atoms with van der Waals surface area (Å²) in [5.41, 5.74) is 0.587. The summed E-state index contributed by atoms with van der Waals surface area (Å²) >= 11 is 5.92. The lowest BCUT2D eigenvalue weighted by molar-refractivity contribution is 0.414. The first kappa shape index (κ1) is 14.4. The third-order valence-corrected chi connectivity index (χ3v) is 3.69. The molecule has 0 saturated heterocycles. The van der Waals surface area contributed by atoms with E-state index in [0.29, 0.717) is 22.5 Å². The van der Waals surface area contributed by atoms with Crippen LogP contribution in [0.5, 0.6) is 5.75 Å². The summed E-state index contributed by atoms with van der Waals surface area (Å²) in [5, 5.41) is 0.841. The van der Waals surface area contributed by atoms with Crippen molar-refractivity contribution in [3.63, 3.8) is 0 Å². The Hall–Kier alpha value is -2.53. The van der Waals surface area contributed by atoms with Crippen LogP contribution in [-0.4, -0.2) is 16.7 Å². The number of H-pyrrole nitrogens is 1. The van der Waals surface area contributed by atoms with Gasteiger partial charge in [0, 0.05) is 5.02 Å². The lowest BCUT2D eigenvalue weighted by atomic mass is 10.2. The van der Waals surface area contributed by atoms with Gasteiger partial charge in [-0.15, -0.1) is 0 Å². The topological polar surface area (TPSA) is 64.1 Å². The number of aromatic amines is 1. The van der Waals surface area contributed by atoms with E-state index in [-0.39, 0.29) is 0 Å². The van der Waals surface area contributed by atoms with Crippen molar-refractivity contribution in [1.29, 1.82) is 0 Å². The molecular formula is C16H13ClN2O3. The molecule has 1 N–H and O–H groups in total. The van der Waals surface area contributed by atoms with Crippen molar-refractivity contribution in [3.05, 3.63) is 73.9 Å². The number of benzene rings is 2. The average Bonchev–Trinajstić information content (AvgIpc) is 2.52. The van der Waals surface area contributed by atoms with Crippen LogP contribution in [0, 0.1) is 0 Å². The van der Waals surface area contributed by atoms with Gasteiger partial charge in [0.15, 0.2) is 0 Å². The first-order valence-corrected chi connectivity index (χ1v) is 7.01. The van der Waals surface area contributed by atoms with Crippen molar-refractivity contribution in [2.75, 3.05) is 7.11 Å². The molecule has 6 heteroatoms. The second-order valence-corrected chi connectivity index (χ2v) is 5.29. The molecule has 0 aliphatic heterocycles. The Morgan fingerprint density at radius 2 is 1.86 bits per heavy atom. The zero-order valence-corrected chi connectivity index (χ0v) is 12.6. The minimum atomic E-state index is -0.448. The third kappa shape index (κ3) is 2.63. The molecule has 5 nitrogen and oxygen atoms in total. The number of hydrogen-bond acceptors (Lipinski definition) is 3. The van der Waals surface area contributed by atoms with Crippen LogP contribution >= 0.6 is 11.6 Å². The molecule has 0 bridgehead atoms. The molecular weight excluding hydrogens is 304 g/mol. The number of methoxy groups -OCH3 is 1. The van der Waals surface area contributed by atoms with Gasteiger partial charge in [-0.2, -0.15) is 0 Å². The minimum absolute atomic E-state index is 0.345. The van der Waals surface area contributed by atoms with Gasteiger partial charge in [0.05, 0.1) is 24.6 Å². The molecule has 0 amide bonds. The van der Waals surface area contributed by atoms with E-state index in [1.807, 2.05) is 24.3 Å². The third-order valence-electron chi connectivity index (χ3n) is 3.46. The smallest absolute Gasteiger partial charge is 0.329 e. The lowest BCUT2D eigenvalue weighted by Gasteiger charge is -2.10. The van der Waals surface area contributed by atoms with Crippen molar-refractivity contribution < 1.29 is 4.74 Å². The van der Waals surface area contributed by atoms with Crippen molar-refractivity contribution in [3.8, 4) is 5.75 Å². The number of fused-ring (bicyclic) bond motifs is 1. The molecule has 0 fully saturated rings. The summed E-state index contributed by atoms with van der Waals surface area (Å²) in [5.74, 6) is 0.745. The maximum absolute atomic E-state index is 12.1. The normalized spacial score (nSPS) is 10.8. The number of rotatable bonds is 3. The molecule has 3 aromatic rings. The van der Waals surface area contributed by atoms with Gasteiger partial charge < -0.3 is 4.74 Å². The Bertz CT molecular complexity index is 942. The maximum Gasteiger partial charge on any atom is 0.329 e. The van der Waals surface area contributed by atoms with Crippen molar-refractivity contribution >= 4 is 22.5 Å². The monoisotopic (exact) mass is 316 g/mol. The van der Waals surface area contributed by atoms with Gasteiger partial charge in [-0.3, -0.25) is 14.3 Å². The maximum atomic E-state index is 12.1. The van der Waals surface area contributed by atoms with E-state index in [0.717, 1.165) is 11.3 Å². The number of nitrogens with one attached hydrogen (secondary N) is 1. The van der Waals surface area contributed by atoms with E-state index in [1.165, 1.54) is 4.57 Å². The van der Waals surface area contributed by atoms with Crippen LogP contribution in [0.25, 0.3) is 10.9 Å². The van der Waals surface area contributed by atoms with E-state index in [1.54, 1.807) is 25.3 Å². The van der Waals surface area contributed by atoms with Crippen LogP contribution in [0.2, 0.25) is 5.02 Å². The molecule has 1 aromatic heterocycles. The highest BCUT2D eigenvalue weighted by Crippen LogP contribution is 2.17. The molecule has 112 valence electrons. The Morgan fingerprint density at radius 3 is 2.55 bits per heavy atom. The van der Waals surface area contributed by atoms with Gasteiger partial charge in [-0.1, -0.05) is 23.7 Å². The Balaban J connectivity index is 2.13. The second kappa shape index (κ2) is 5.69. The number of nitrogens with zero attached hydrogens (tertiary/aromatic N) is 1. The lowest BCUT2D eigenvalue weighted by Crippen LogP contribution is -2.30. The first-order valence-electron chi connectivity index (χ1n) is 6.64. The number of aromatic nitrogens is 2. The number of hydrogen-bond donors (Lipinski definition) is 1. The van der Waals surface area contributed by atoms with E-state index in [4.69, 9.17) is 16.3 Å². The quantitative estimate of drug-likeness (QED) is 0.807. The highest BCUT2D eigenvalue weighted by molar-refractivity contribution is 6.31. The molecule has 0 aliphatic rings. The molecule has 22 heavy (non-hydrogen) atoms.